The number of hydrogen-bond acceptors (Lipinski definition) is 4. The quantitative estimate of drug-likeness (QED) is 0.815. The fourth-order valence-electron chi connectivity index (χ4n) is 1.32. The molecule has 0 saturated heterocycles. The molecule has 1 aromatic rings. The number of anilines is 2. The van der Waals surface area contributed by atoms with E-state index in [-0.39, 0.29) is 0 Å². The Labute approximate surface area is 91.1 Å². The number of ether oxygens (including phenoxy) is 1. The maximum Gasteiger partial charge on any atom is 0.128 e. The van der Waals surface area contributed by atoms with E-state index in [0.717, 1.165) is 17.1 Å². The Morgan fingerprint density at radius 2 is 2.27 bits per heavy atom. The third kappa shape index (κ3) is 2.83. The van der Waals surface area contributed by atoms with Crippen LogP contribution in [0.2, 0.25) is 0 Å². The van der Waals surface area contributed by atoms with Gasteiger partial charge in [0.05, 0.1) is 24.5 Å². The summed E-state index contributed by atoms with van der Waals surface area (Å²) in [6, 6.07) is 2.28. The smallest absolute Gasteiger partial charge is 0.128 e. The van der Waals surface area contributed by atoms with E-state index in [1.54, 1.807) is 13.3 Å². The van der Waals surface area contributed by atoms with Crippen molar-refractivity contribution < 1.29 is 4.74 Å². The molecule has 1 atom stereocenters. The van der Waals surface area contributed by atoms with Gasteiger partial charge in [-0.25, -0.2) is 4.98 Å². The molecular weight excluding hydrogens is 190 g/mol. The summed E-state index contributed by atoms with van der Waals surface area (Å²) in [6.45, 7) is 4.76. The van der Waals surface area contributed by atoms with Gasteiger partial charge in [-0.3, -0.25) is 0 Å². The van der Waals surface area contributed by atoms with Gasteiger partial charge in [-0.1, -0.05) is 0 Å². The van der Waals surface area contributed by atoms with Gasteiger partial charge in [0.25, 0.3) is 0 Å². The molecule has 0 radical (unpaired) electrons. The van der Waals surface area contributed by atoms with Gasteiger partial charge in [-0.05, 0) is 25.5 Å². The molecule has 1 aromatic heterocycles. The SMILES string of the molecule is COCC(C)N(C)c1cc(C)c(N)cn1. The van der Waals surface area contributed by atoms with Crippen LogP contribution in [-0.2, 0) is 4.74 Å². The highest BCUT2D eigenvalue weighted by atomic mass is 16.5. The monoisotopic (exact) mass is 209 g/mol. The molecule has 1 heterocycles. The molecule has 1 unspecified atom stereocenters. The molecule has 0 bridgehead atoms. The highest BCUT2D eigenvalue weighted by Gasteiger charge is 2.11. The van der Waals surface area contributed by atoms with Crippen LogP contribution in [0, 0.1) is 6.92 Å². The van der Waals surface area contributed by atoms with Crippen molar-refractivity contribution in [1.82, 2.24) is 4.98 Å². The summed E-state index contributed by atoms with van der Waals surface area (Å²) in [5, 5.41) is 0. The largest absolute Gasteiger partial charge is 0.397 e. The Morgan fingerprint density at radius 3 is 2.80 bits per heavy atom. The first-order valence-corrected chi connectivity index (χ1v) is 5.00. The van der Waals surface area contributed by atoms with Crippen molar-refractivity contribution >= 4 is 11.5 Å². The van der Waals surface area contributed by atoms with E-state index in [2.05, 4.69) is 16.8 Å². The highest BCUT2D eigenvalue weighted by Crippen LogP contribution is 2.17. The zero-order chi connectivity index (χ0) is 11.4. The number of hydrogen-bond donors (Lipinski definition) is 1. The van der Waals surface area contributed by atoms with Gasteiger partial charge in [0.2, 0.25) is 0 Å². The molecule has 0 saturated carbocycles. The average molecular weight is 209 g/mol. The van der Waals surface area contributed by atoms with Gasteiger partial charge in [-0.2, -0.15) is 0 Å². The summed E-state index contributed by atoms with van der Waals surface area (Å²) >= 11 is 0. The lowest BCUT2D eigenvalue weighted by Gasteiger charge is -2.25. The Hall–Kier alpha value is -1.29. The van der Waals surface area contributed by atoms with Crippen LogP contribution in [0.15, 0.2) is 12.3 Å². The third-order valence-corrected chi connectivity index (χ3v) is 2.57. The number of aryl methyl sites for hydroxylation is 1. The number of nitrogen functional groups attached to an aromatic ring is 1. The van der Waals surface area contributed by atoms with Gasteiger partial charge in [0.1, 0.15) is 5.82 Å². The van der Waals surface area contributed by atoms with Crippen LogP contribution in [-0.4, -0.2) is 31.8 Å². The van der Waals surface area contributed by atoms with Crippen LogP contribution in [0.25, 0.3) is 0 Å². The highest BCUT2D eigenvalue weighted by molar-refractivity contribution is 5.52. The number of pyridine rings is 1. The predicted octanol–water partition coefficient (Wildman–Crippen LogP) is 1.44. The molecule has 0 aliphatic heterocycles. The lowest BCUT2D eigenvalue weighted by Crippen LogP contribution is -2.33. The van der Waals surface area contributed by atoms with Crippen LogP contribution in [0.4, 0.5) is 11.5 Å². The number of aromatic nitrogens is 1. The molecule has 2 N–H and O–H groups in total. The lowest BCUT2D eigenvalue weighted by atomic mass is 10.2. The first kappa shape index (κ1) is 11.8. The van der Waals surface area contributed by atoms with Crippen LogP contribution in [0.1, 0.15) is 12.5 Å². The molecule has 4 heteroatoms. The minimum absolute atomic E-state index is 0.297. The van der Waals surface area contributed by atoms with Gasteiger partial charge in [0, 0.05) is 14.2 Å². The molecule has 0 aliphatic carbocycles. The van der Waals surface area contributed by atoms with Crippen molar-refractivity contribution in [3.63, 3.8) is 0 Å². The van der Waals surface area contributed by atoms with E-state index in [1.807, 2.05) is 20.0 Å². The Morgan fingerprint density at radius 1 is 1.60 bits per heavy atom. The standard InChI is InChI=1S/C11H19N3O/c1-8-5-11(13-6-10(8)12)14(3)9(2)7-15-4/h5-6,9H,7,12H2,1-4H3. The minimum Gasteiger partial charge on any atom is -0.397 e. The normalized spacial score (nSPS) is 12.5. The second-order valence-corrected chi connectivity index (χ2v) is 3.81. The average Bonchev–Trinajstić information content (AvgIpc) is 2.21. The van der Waals surface area contributed by atoms with Crippen LogP contribution < -0.4 is 10.6 Å². The Bertz CT molecular complexity index is 328. The van der Waals surface area contributed by atoms with Crippen molar-refractivity contribution in [2.45, 2.75) is 19.9 Å². The van der Waals surface area contributed by atoms with Gasteiger partial charge in [-0.15, -0.1) is 0 Å². The van der Waals surface area contributed by atoms with E-state index in [1.165, 1.54) is 0 Å². The maximum atomic E-state index is 5.72. The van der Waals surface area contributed by atoms with Crippen LogP contribution >= 0.6 is 0 Å². The van der Waals surface area contributed by atoms with Crippen molar-refractivity contribution in [1.29, 1.82) is 0 Å². The maximum absolute atomic E-state index is 5.72. The molecule has 0 spiro atoms. The number of likely N-dealkylation sites (N-methyl/N-ethyl adjacent to an activating group) is 1. The van der Waals surface area contributed by atoms with Crippen molar-refractivity contribution in [2.75, 3.05) is 31.4 Å². The number of methoxy groups -OCH3 is 1. The van der Waals surface area contributed by atoms with E-state index >= 15 is 0 Å². The van der Waals surface area contributed by atoms with Crippen molar-refractivity contribution in [2.24, 2.45) is 0 Å². The predicted molar refractivity (Wildman–Crippen MR) is 63.1 cm³/mol. The van der Waals surface area contributed by atoms with Crippen molar-refractivity contribution in [3.8, 4) is 0 Å². The second kappa shape index (κ2) is 4.98. The third-order valence-electron chi connectivity index (χ3n) is 2.57. The van der Waals surface area contributed by atoms with Crippen LogP contribution in [0.5, 0.6) is 0 Å². The summed E-state index contributed by atoms with van der Waals surface area (Å²) in [6.07, 6.45) is 1.70. The zero-order valence-electron chi connectivity index (χ0n) is 9.82. The van der Waals surface area contributed by atoms with E-state index in [0.29, 0.717) is 12.6 Å². The zero-order valence-corrected chi connectivity index (χ0v) is 9.82. The van der Waals surface area contributed by atoms with E-state index in [4.69, 9.17) is 10.5 Å². The molecule has 0 amide bonds. The fraction of sp³-hybridized carbons (Fsp3) is 0.545. The lowest BCUT2D eigenvalue weighted by molar-refractivity contribution is 0.183. The van der Waals surface area contributed by atoms with E-state index < -0.39 is 0 Å². The summed E-state index contributed by atoms with van der Waals surface area (Å²) < 4.78 is 5.11. The first-order valence-electron chi connectivity index (χ1n) is 5.00. The molecule has 0 aliphatic rings. The van der Waals surface area contributed by atoms with Crippen LogP contribution in [0.3, 0.4) is 0 Å². The topological polar surface area (TPSA) is 51.4 Å². The molecular formula is C11H19N3O. The van der Waals surface area contributed by atoms with Gasteiger partial charge < -0.3 is 15.4 Å². The first-order chi connectivity index (χ1) is 7.06. The molecule has 0 aromatic carbocycles. The summed E-state index contributed by atoms with van der Waals surface area (Å²) in [5.41, 5.74) is 7.50. The second-order valence-electron chi connectivity index (χ2n) is 3.81. The van der Waals surface area contributed by atoms with Gasteiger partial charge >= 0.3 is 0 Å². The van der Waals surface area contributed by atoms with Gasteiger partial charge in [0.15, 0.2) is 0 Å². The number of nitrogens with zero attached hydrogens (tertiary/aromatic N) is 2. The van der Waals surface area contributed by atoms with Crippen molar-refractivity contribution in [3.05, 3.63) is 17.8 Å². The molecule has 4 nitrogen and oxygen atoms in total. The summed E-state index contributed by atoms with van der Waals surface area (Å²) in [4.78, 5) is 6.37. The number of nitrogens with two attached hydrogens (primary N) is 1. The molecule has 1 rings (SSSR count). The minimum atomic E-state index is 0.297. The fourth-order valence-corrected chi connectivity index (χ4v) is 1.32. The molecule has 84 valence electrons. The number of rotatable bonds is 4. The Kier molecular flexibility index (Phi) is 3.91. The molecule has 15 heavy (non-hydrogen) atoms. The Balaban J connectivity index is 2.81. The molecule has 0 fully saturated rings. The van der Waals surface area contributed by atoms with E-state index in [9.17, 15) is 0 Å². The summed E-state index contributed by atoms with van der Waals surface area (Å²) in [5.74, 6) is 0.922. The summed E-state index contributed by atoms with van der Waals surface area (Å²) in [7, 11) is 3.70.